The van der Waals surface area contributed by atoms with Gasteiger partial charge in [0.25, 0.3) is 10.2 Å². The van der Waals surface area contributed by atoms with Crippen LogP contribution in [0.15, 0.2) is 60.8 Å². The Morgan fingerprint density at radius 3 is 2.50 bits per heavy atom. The highest BCUT2D eigenvalue weighted by Gasteiger charge is 2.28. The van der Waals surface area contributed by atoms with E-state index < -0.39 is 10.2 Å². The molecule has 2 heterocycles. The molecule has 0 bridgehead atoms. The predicted octanol–water partition coefficient (Wildman–Crippen LogP) is 3.87. The first-order chi connectivity index (χ1) is 13.5. The molecule has 0 aliphatic carbocycles. The van der Waals surface area contributed by atoms with Gasteiger partial charge < -0.3 is 4.98 Å². The van der Waals surface area contributed by atoms with Gasteiger partial charge >= 0.3 is 0 Å². The summed E-state index contributed by atoms with van der Waals surface area (Å²) in [5, 5.41) is 1.13. The topological polar surface area (TPSA) is 65.2 Å². The number of piperidine rings is 1. The van der Waals surface area contributed by atoms with Crippen LogP contribution in [0.1, 0.15) is 36.8 Å². The summed E-state index contributed by atoms with van der Waals surface area (Å²) in [5.41, 5.74) is 3.27. The molecule has 1 aliphatic rings. The molecule has 1 aliphatic heterocycles. The molecule has 4 rings (SSSR count). The van der Waals surface area contributed by atoms with E-state index in [2.05, 4.69) is 34.8 Å². The number of fused-ring (bicyclic) bond motifs is 1. The third-order valence-electron chi connectivity index (χ3n) is 5.75. The van der Waals surface area contributed by atoms with Crippen molar-refractivity contribution < 1.29 is 8.42 Å². The zero-order chi connectivity index (χ0) is 19.6. The highest BCUT2D eigenvalue weighted by atomic mass is 32.2. The maximum absolute atomic E-state index is 12.9. The van der Waals surface area contributed by atoms with E-state index in [0.717, 1.165) is 34.9 Å². The van der Waals surface area contributed by atoms with Crippen molar-refractivity contribution in [3.8, 4) is 0 Å². The smallest absolute Gasteiger partial charge is 0.279 e. The molecule has 0 saturated carbocycles. The molecule has 0 spiro atoms. The summed E-state index contributed by atoms with van der Waals surface area (Å²) in [5.74, 6) is 0.533. The maximum Gasteiger partial charge on any atom is 0.279 e. The molecule has 1 atom stereocenters. The third-order valence-corrected chi connectivity index (χ3v) is 7.33. The summed E-state index contributed by atoms with van der Waals surface area (Å²) in [6.45, 7) is 3.71. The standard InChI is InChI=1S/C22H27N3O2S/c1-17-11-13-25(14-12-17)28(26,27)24-16-20(18-7-3-2-4-8-18)21-15-23-22-10-6-5-9-19(21)22/h2-10,15,17,20,23-24H,11-14,16H2,1H3/t20-/m0/s1. The molecule has 1 aromatic heterocycles. The van der Waals surface area contributed by atoms with E-state index in [1.54, 1.807) is 4.31 Å². The van der Waals surface area contributed by atoms with Crippen LogP contribution in [-0.2, 0) is 10.2 Å². The molecule has 0 unspecified atom stereocenters. The quantitative estimate of drug-likeness (QED) is 0.663. The average molecular weight is 398 g/mol. The number of nitrogens with one attached hydrogen (secondary N) is 2. The molecule has 0 amide bonds. The number of aromatic nitrogens is 1. The minimum Gasteiger partial charge on any atom is -0.361 e. The van der Waals surface area contributed by atoms with Gasteiger partial charge in [0, 0.05) is 42.7 Å². The number of nitrogens with zero attached hydrogens (tertiary/aromatic N) is 1. The van der Waals surface area contributed by atoms with Crippen molar-refractivity contribution >= 4 is 21.1 Å². The molecule has 5 nitrogen and oxygen atoms in total. The summed E-state index contributed by atoms with van der Waals surface area (Å²) in [6.07, 6.45) is 3.84. The Bertz CT molecular complexity index is 1020. The highest BCUT2D eigenvalue weighted by molar-refractivity contribution is 7.87. The minimum absolute atomic E-state index is 0.0594. The maximum atomic E-state index is 12.9. The van der Waals surface area contributed by atoms with Crippen LogP contribution in [0.2, 0.25) is 0 Å². The van der Waals surface area contributed by atoms with Crippen molar-refractivity contribution in [3.05, 3.63) is 71.9 Å². The van der Waals surface area contributed by atoms with Gasteiger partial charge in [0.05, 0.1) is 0 Å². The number of hydrogen-bond donors (Lipinski definition) is 2. The van der Waals surface area contributed by atoms with Crippen molar-refractivity contribution in [2.75, 3.05) is 19.6 Å². The lowest BCUT2D eigenvalue weighted by Crippen LogP contribution is -2.45. The van der Waals surface area contributed by atoms with E-state index in [1.165, 1.54) is 0 Å². The first kappa shape index (κ1) is 19.2. The van der Waals surface area contributed by atoms with E-state index in [4.69, 9.17) is 0 Å². The fourth-order valence-corrected chi connectivity index (χ4v) is 5.23. The van der Waals surface area contributed by atoms with E-state index in [-0.39, 0.29) is 5.92 Å². The SMILES string of the molecule is CC1CCN(S(=O)(=O)NC[C@@H](c2ccccc2)c2c[nH]c3ccccc23)CC1. The zero-order valence-corrected chi connectivity index (χ0v) is 17.0. The Hall–Kier alpha value is -2.15. The van der Waals surface area contributed by atoms with Gasteiger partial charge in [-0.2, -0.15) is 12.7 Å². The molecular weight excluding hydrogens is 370 g/mol. The van der Waals surface area contributed by atoms with Crippen LogP contribution in [0.25, 0.3) is 10.9 Å². The van der Waals surface area contributed by atoms with Crippen LogP contribution < -0.4 is 4.72 Å². The summed E-state index contributed by atoms with van der Waals surface area (Å²) < 4.78 is 30.2. The predicted molar refractivity (Wildman–Crippen MR) is 113 cm³/mol. The van der Waals surface area contributed by atoms with Crippen LogP contribution in [-0.4, -0.2) is 37.3 Å². The molecule has 2 aromatic carbocycles. The van der Waals surface area contributed by atoms with Crippen molar-refractivity contribution in [1.82, 2.24) is 14.0 Å². The number of benzene rings is 2. The van der Waals surface area contributed by atoms with E-state index in [9.17, 15) is 8.42 Å². The second kappa shape index (κ2) is 8.07. The molecule has 0 radical (unpaired) electrons. The van der Waals surface area contributed by atoms with Gasteiger partial charge in [-0.3, -0.25) is 0 Å². The summed E-state index contributed by atoms with van der Waals surface area (Å²) in [4.78, 5) is 3.32. The second-order valence-corrected chi connectivity index (χ2v) is 9.44. The molecule has 1 fully saturated rings. The van der Waals surface area contributed by atoms with Crippen molar-refractivity contribution in [3.63, 3.8) is 0 Å². The van der Waals surface area contributed by atoms with Gasteiger partial charge in [-0.1, -0.05) is 55.5 Å². The molecule has 6 heteroatoms. The summed E-state index contributed by atoms with van der Waals surface area (Å²) >= 11 is 0. The van der Waals surface area contributed by atoms with Crippen LogP contribution in [0.3, 0.4) is 0 Å². The molecule has 2 N–H and O–H groups in total. The number of rotatable bonds is 6. The number of aromatic amines is 1. The fourth-order valence-electron chi connectivity index (χ4n) is 3.98. The van der Waals surface area contributed by atoms with Gasteiger partial charge in [0.2, 0.25) is 0 Å². The van der Waals surface area contributed by atoms with Crippen LogP contribution in [0, 0.1) is 5.92 Å². The Morgan fingerprint density at radius 2 is 1.75 bits per heavy atom. The van der Waals surface area contributed by atoms with E-state index >= 15 is 0 Å². The summed E-state index contributed by atoms with van der Waals surface area (Å²) in [6, 6.07) is 18.2. The molecular formula is C22H27N3O2S. The van der Waals surface area contributed by atoms with Gasteiger partial charge in [-0.25, -0.2) is 4.72 Å². The highest BCUT2D eigenvalue weighted by Crippen LogP contribution is 2.30. The van der Waals surface area contributed by atoms with Crippen molar-refractivity contribution in [2.45, 2.75) is 25.7 Å². The monoisotopic (exact) mass is 397 g/mol. The molecule has 1 saturated heterocycles. The first-order valence-electron chi connectivity index (χ1n) is 9.90. The molecule has 28 heavy (non-hydrogen) atoms. The number of hydrogen-bond acceptors (Lipinski definition) is 2. The molecule has 3 aromatic rings. The van der Waals surface area contributed by atoms with Gasteiger partial charge in [-0.05, 0) is 36.0 Å². The zero-order valence-electron chi connectivity index (χ0n) is 16.1. The first-order valence-corrected chi connectivity index (χ1v) is 11.3. The Kier molecular flexibility index (Phi) is 5.53. The lowest BCUT2D eigenvalue weighted by atomic mass is 9.91. The Balaban J connectivity index is 1.60. The lowest BCUT2D eigenvalue weighted by Gasteiger charge is -2.30. The lowest BCUT2D eigenvalue weighted by molar-refractivity contribution is 0.285. The third kappa shape index (κ3) is 3.99. The van der Waals surface area contributed by atoms with Gasteiger partial charge in [-0.15, -0.1) is 0 Å². The van der Waals surface area contributed by atoms with E-state index in [1.807, 2.05) is 42.6 Å². The Morgan fingerprint density at radius 1 is 1.07 bits per heavy atom. The Labute approximate surface area is 166 Å². The van der Waals surface area contributed by atoms with Crippen molar-refractivity contribution in [2.24, 2.45) is 5.92 Å². The van der Waals surface area contributed by atoms with E-state index in [0.29, 0.717) is 25.6 Å². The van der Waals surface area contributed by atoms with Crippen LogP contribution in [0.4, 0.5) is 0 Å². The fraction of sp³-hybridized carbons (Fsp3) is 0.364. The average Bonchev–Trinajstić information content (AvgIpc) is 3.13. The summed E-state index contributed by atoms with van der Waals surface area (Å²) in [7, 11) is -3.48. The number of H-pyrrole nitrogens is 1. The second-order valence-electron chi connectivity index (χ2n) is 7.69. The van der Waals surface area contributed by atoms with Crippen LogP contribution in [0.5, 0.6) is 0 Å². The van der Waals surface area contributed by atoms with Gasteiger partial charge in [0.15, 0.2) is 0 Å². The largest absolute Gasteiger partial charge is 0.361 e. The van der Waals surface area contributed by atoms with Crippen LogP contribution >= 0.6 is 0 Å². The van der Waals surface area contributed by atoms with Gasteiger partial charge in [0.1, 0.15) is 0 Å². The number of para-hydroxylation sites is 1. The molecule has 148 valence electrons. The normalized spacial score (nSPS) is 17.8. The van der Waals surface area contributed by atoms with Crippen molar-refractivity contribution in [1.29, 1.82) is 0 Å². The minimum atomic E-state index is -3.48.